The van der Waals surface area contributed by atoms with Crippen LogP contribution in [0.15, 0.2) is 12.2 Å². The Labute approximate surface area is 331 Å². The number of aliphatic carboxylic acids is 1. The molecule has 0 atom stereocenters. The average Bonchev–Trinajstić information content (AvgIpc) is 3.14. The summed E-state index contributed by atoms with van der Waals surface area (Å²) in [6.45, 7) is 6.78. The molecule has 314 valence electrons. The van der Waals surface area contributed by atoms with E-state index in [-0.39, 0.29) is 11.9 Å². The average molecular weight is 749 g/mol. The lowest BCUT2D eigenvalue weighted by Gasteiger charge is -2.05. The number of hydrogen-bond donors (Lipinski definition) is 1. The van der Waals surface area contributed by atoms with E-state index in [0.29, 0.717) is 19.3 Å². The number of unbranched alkanes of at least 4 members (excludes halogenated alkanes) is 33. The number of hydrogen-bond acceptors (Lipinski definition) is 4. The highest BCUT2D eigenvalue weighted by molar-refractivity contribution is 5.85. The van der Waals surface area contributed by atoms with Gasteiger partial charge in [0.1, 0.15) is 0 Å². The molecule has 0 aliphatic rings. The number of rotatable bonds is 41. The molecule has 0 aliphatic carbocycles. The SMILES string of the molecule is CCCCCCCC/C=C\CCCCCCCC(=O)O.CCCCCCCCCCCCCCCC(=O)OC(=O)CCCCCCCCCCCCC. The topological polar surface area (TPSA) is 80.7 Å². The first-order valence-electron chi connectivity index (χ1n) is 23.6. The van der Waals surface area contributed by atoms with Crippen molar-refractivity contribution in [2.75, 3.05) is 0 Å². The summed E-state index contributed by atoms with van der Waals surface area (Å²) in [5, 5.41) is 8.51. The normalized spacial score (nSPS) is 11.2. The van der Waals surface area contributed by atoms with Crippen molar-refractivity contribution in [2.24, 2.45) is 0 Å². The van der Waals surface area contributed by atoms with Crippen LogP contribution < -0.4 is 0 Å². The minimum Gasteiger partial charge on any atom is -0.481 e. The molecule has 0 saturated carbocycles. The Morgan fingerprint density at radius 3 is 0.830 bits per heavy atom. The zero-order chi connectivity index (χ0) is 39.1. The maximum atomic E-state index is 11.8. The summed E-state index contributed by atoms with van der Waals surface area (Å²) in [6.07, 6.45) is 52.6. The summed E-state index contributed by atoms with van der Waals surface area (Å²) in [5.41, 5.74) is 0. The third kappa shape index (κ3) is 52.5. The Morgan fingerprint density at radius 2 is 0.566 bits per heavy atom. The van der Waals surface area contributed by atoms with Gasteiger partial charge in [0.15, 0.2) is 0 Å². The molecule has 0 unspecified atom stereocenters. The smallest absolute Gasteiger partial charge is 0.313 e. The highest BCUT2D eigenvalue weighted by Gasteiger charge is 2.10. The van der Waals surface area contributed by atoms with Crippen molar-refractivity contribution in [2.45, 2.75) is 278 Å². The molecule has 0 aromatic rings. The Hall–Kier alpha value is -1.65. The fourth-order valence-electron chi connectivity index (χ4n) is 6.80. The molecule has 0 rings (SSSR count). The van der Waals surface area contributed by atoms with E-state index in [9.17, 15) is 14.4 Å². The van der Waals surface area contributed by atoms with E-state index in [1.54, 1.807) is 0 Å². The van der Waals surface area contributed by atoms with Gasteiger partial charge in [-0.05, 0) is 44.9 Å². The van der Waals surface area contributed by atoms with Crippen LogP contribution >= 0.6 is 0 Å². The molecule has 53 heavy (non-hydrogen) atoms. The molecule has 0 aromatic heterocycles. The fourth-order valence-corrected chi connectivity index (χ4v) is 6.80. The van der Waals surface area contributed by atoms with Crippen molar-refractivity contribution < 1.29 is 24.2 Å². The predicted octanol–water partition coefficient (Wildman–Crippen LogP) is 16.3. The van der Waals surface area contributed by atoms with Gasteiger partial charge in [-0.15, -0.1) is 0 Å². The minimum atomic E-state index is -0.664. The van der Waals surface area contributed by atoms with Gasteiger partial charge in [-0.2, -0.15) is 0 Å². The summed E-state index contributed by atoms with van der Waals surface area (Å²) in [6, 6.07) is 0. The van der Waals surface area contributed by atoms with Crippen molar-refractivity contribution in [3.05, 3.63) is 12.2 Å². The number of carboxylic acids is 1. The van der Waals surface area contributed by atoms with Gasteiger partial charge in [-0.25, -0.2) is 0 Å². The van der Waals surface area contributed by atoms with Crippen LogP contribution in [0.4, 0.5) is 0 Å². The second-order valence-electron chi connectivity index (χ2n) is 15.9. The maximum Gasteiger partial charge on any atom is 0.313 e. The zero-order valence-electron chi connectivity index (χ0n) is 36.0. The minimum absolute atomic E-state index is 0.328. The van der Waals surface area contributed by atoms with Crippen LogP contribution in [0, 0.1) is 0 Å². The van der Waals surface area contributed by atoms with Crippen LogP contribution in [0.1, 0.15) is 278 Å². The molecular formula is C48H92O5. The van der Waals surface area contributed by atoms with E-state index in [0.717, 1.165) is 38.5 Å². The van der Waals surface area contributed by atoms with Crippen LogP contribution in [-0.2, 0) is 19.1 Å². The summed E-state index contributed by atoms with van der Waals surface area (Å²) < 4.78 is 4.97. The largest absolute Gasteiger partial charge is 0.481 e. The van der Waals surface area contributed by atoms with Gasteiger partial charge in [0.2, 0.25) is 0 Å². The molecule has 5 nitrogen and oxygen atoms in total. The van der Waals surface area contributed by atoms with Gasteiger partial charge in [-0.3, -0.25) is 14.4 Å². The lowest BCUT2D eigenvalue weighted by atomic mass is 10.0. The standard InChI is InChI=1S/C30H58O3.C18H34O2/c1-3-5-7-9-11-13-15-16-18-20-22-24-26-28-30(32)33-29(31)27-25-23-21-19-17-14-12-10-8-6-4-2;1-2-3-4-5-6-7-8-9-10-11-12-13-14-15-16-17-18(19)20/h3-28H2,1-2H3;9-10H,2-8,11-17H2,1H3,(H,19,20)/b;10-9-. The molecule has 0 amide bonds. The number of allylic oxidation sites excluding steroid dienone is 2. The molecule has 0 fully saturated rings. The quantitative estimate of drug-likeness (QED) is 0.0291. The third-order valence-corrected chi connectivity index (χ3v) is 10.3. The summed E-state index contributed by atoms with van der Waals surface area (Å²) in [5.74, 6) is -1.32. The number of carbonyl (C=O) groups is 3. The van der Waals surface area contributed by atoms with Gasteiger partial charge in [-0.1, -0.05) is 226 Å². The Bertz CT molecular complexity index is 776. The highest BCUT2D eigenvalue weighted by atomic mass is 16.6. The Morgan fingerprint density at radius 1 is 0.340 bits per heavy atom. The first kappa shape index (κ1) is 53.5. The van der Waals surface area contributed by atoms with E-state index < -0.39 is 5.97 Å². The van der Waals surface area contributed by atoms with Crippen LogP contribution in [0.25, 0.3) is 0 Å². The Kier molecular flexibility index (Phi) is 48.8. The van der Waals surface area contributed by atoms with E-state index >= 15 is 0 Å². The number of ether oxygens (including phenoxy) is 1. The number of carboxylic acid groups (broad SMARTS) is 1. The third-order valence-electron chi connectivity index (χ3n) is 10.3. The van der Waals surface area contributed by atoms with E-state index in [1.165, 1.54) is 199 Å². The van der Waals surface area contributed by atoms with Crippen LogP contribution in [0.2, 0.25) is 0 Å². The fraction of sp³-hybridized carbons (Fsp3) is 0.896. The van der Waals surface area contributed by atoms with E-state index in [1.807, 2.05) is 0 Å². The first-order chi connectivity index (χ1) is 26.0. The van der Waals surface area contributed by atoms with Crippen molar-refractivity contribution >= 4 is 17.9 Å². The van der Waals surface area contributed by atoms with Gasteiger partial charge in [0.25, 0.3) is 0 Å². The van der Waals surface area contributed by atoms with E-state index in [2.05, 4.69) is 32.9 Å². The van der Waals surface area contributed by atoms with E-state index in [4.69, 9.17) is 9.84 Å². The molecule has 5 heteroatoms. The van der Waals surface area contributed by atoms with Crippen LogP contribution in [-0.4, -0.2) is 23.0 Å². The van der Waals surface area contributed by atoms with Gasteiger partial charge >= 0.3 is 17.9 Å². The highest BCUT2D eigenvalue weighted by Crippen LogP contribution is 2.15. The zero-order valence-corrected chi connectivity index (χ0v) is 36.0. The van der Waals surface area contributed by atoms with Gasteiger partial charge < -0.3 is 9.84 Å². The molecule has 0 spiro atoms. The van der Waals surface area contributed by atoms with Gasteiger partial charge in [0.05, 0.1) is 0 Å². The lowest BCUT2D eigenvalue weighted by Crippen LogP contribution is -2.11. The second-order valence-corrected chi connectivity index (χ2v) is 15.9. The van der Waals surface area contributed by atoms with Crippen LogP contribution in [0.5, 0.6) is 0 Å². The molecule has 0 aromatic carbocycles. The number of carbonyl (C=O) groups excluding carboxylic acids is 2. The predicted molar refractivity (Wildman–Crippen MR) is 230 cm³/mol. The van der Waals surface area contributed by atoms with Gasteiger partial charge in [0, 0.05) is 19.3 Å². The first-order valence-corrected chi connectivity index (χ1v) is 23.6. The molecule has 0 radical (unpaired) electrons. The lowest BCUT2D eigenvalue weighted by molar-refractivity contribution is -0.159. The van der Waals surface area contributed by atoms with Crippen molar-refractivity contribution in [1.29, 1.82) is 0 Å². The summed E-state index contributed by atoms with van der Waals surface area (Å²) in [7, 11) is 0. The molecule has 0 heterocycles. The Balaban J connectivity index is 0. The molecule has 0 saturated heterocycles. The second kappa shape index (κ2) is 48.4. The maximum absolute atomic E-state index is 11.8. The van der Waals surface area contributed by atoms with Crippen molar-refractivity contribution in [3.63, 3.8) is 0 Å². The molecular weight excluding hydrogens is 657 g/mol. The molecule has 0 bridgehead atoms. The van der Waals surface area contributed by atoms with Crippen molar-refractivity contribution in [1.82, 2.24) is 0 Å². The summed E-state index contributed by atoms with van der Waals surface area (Å²) in [4.78, 5) is 33.9. The van der Waals surface area contributed by atoms with Crippen molar-refractivity contribution in [3.8, 4) is 0 Å². The van der Waals surface area contributed by atoms with Crippen LogP contribution in [0.3, 0.4) is 0 Å². The monoisotopic (exact) mass is 749 g/mol. The molecule has 1 N–H and O–H groups in total. The number of esters is 2. The molecule has 0 aliphatic heterocycles. The summed E-state index contributed by atoms with van der Waals surface area (Å²) >= 11 is 0.